The van der Waals surface area contributed by atoms with E-state index in [9.17, 15) is 22.1 Å². The number of carbonyl (C=O) groups is 1. The zero-order valence-electron chi connectivity index (χ0n) is 20.6. The molecule has 196 valence electrons. The van der Waals surface area contributed by atoms with Gasteiger partial charge in [-0.05, 0) is 47.5 Å². The van der Waals surface area contributed by atoms with Gasteiger partial charge in [0.2, 0.25) is 11.4 Å². The van der Waals surface area contributed by atoms with Gasteiger partial charge in [0.1, 0.15) is 0 Å². The molecular formula is C30H24BF4N3O. The standard InChI is InChI=1S/C30H23N3O.BF4/c34-30(31-27-19-11-4-12-20-27)32-33-28(24-15-7-2-8-16-24)21-26(23-13-5-1-6-14-23)22-29(33)25-17-9-3-10-18-25;2-1(3,4)5/h1-22H,(H-,31,32,34);/q;-1/p+1. The quantitative estimate of drug-likeness (QED) is 0.135. The van der Waals surface area contributed by atoms with Crippen molar-refractivity contribution in [2.75, 3.05) is 10.7 Å². The fourth-order valence-corrected chi connectivity index (χ4v) is 3.94. The predicted molar refractivity (Wildman–Crippen MR) is 148 cm³/mol. The normalized spacial score (nSPS) is 10.7. The Balaban J connectivity index is 0.000000648. The third-order valence-corrected chi connectivity index (χ3v) is 5.56. The number of amides is 2. The molecule has 5 rings (SSSR count). The summed E-state index contributed by atoms with van der Waals surface area (Å²) in [5.74, 6) is 0. The van der Waals surface area contributed by atoms with Crippen LogP contribution in [0.3, 0.4) is 0 Å². The van der Waals surface area contributed by atoms with Gasteiger partial charge in [0.05, 0.1) is 0 Å². The van der Waals surface area contributed by atoms with Gasteiger partial charge < -0.3 is 22.6 Å². The summed E-state index contributed by atoms with van der Waals surface area (Å²) < 4.78 is 40.9. The molecule has 1 aromatic heterocycles. The molecule has 2 amide bonds. The van der Waals surface area contributed by atoms with E-state index in [4.69, 9.17) is 0 Å². The van der Waals surface area contributed by atoms with Crippen molar-refractivity contribution in [1.82, 2.24) is 0 Å². The van der Waals surface area contributed by atoms with Gasteiger partial charge in [-0.15, -0.1) is 5.43 Å². The maximum atomic E-state index is 13.1. The molecule has 0 bridgehead atoms. The highest BCUT2D eigenvalue weighted by Crippen LogP contribution is 2.28. The monoisotopic (exact) mass is 529 g/mol. The summed E-state index contributed by atoms with van der Waals surface area (Å²) in [4.78, 5) is 13.1. The van der Waals surface area contributed by atoms with E-state index in [0.717, 1.165) is 39.3 Å². The van der Waals surface area contributed by atoms with Crippen LogP contribution in [-0.4, -0.2) is 13.3 Å². The van der Waals surface area contributed by atoms with E-state index in [0.29, 0.717) is 0 Å². The number of rotatable bonds is 5. The average molecular weight is 529 g/mol. The minimum absolute atomic E-state index is 0.321. The van der Waals surface area contributed by atoms with E-state index < -0.39 is 7.25 Å². The Morgan fingerprint density at radius 1 is 0.538 bits per heavy atom. The van der Waals surface area contributed by atoms with Crippen LogP contribution in [0.2, 0.25) is 0 Å². The van der Waals surface area contributed by atoms with Crippen LogP contribution in [0.25, 0.3) is 33.6 Å². The first-order chi connectivity index (χ1) is 18.8. The highest BCUT2D eigenvalue weighted by molar-refractivity contribution is 6.50. The molecule has 5 aromatic rings. The summed E-state index contributed by atoms with van der Waals surface area (Å²) >= 11 is 0. The zero-order valence-corrected chi connectivity index (χ0v) is 20.6. The van der Waals surface area contributed by atoms with Crippen molar-refractivity contribution in [3.63, 3.8) is 0 Å². The number of nitrogens with one attached hydrogen (secondary N) is 2. The Hall–Kier alpha value is -4.92. The second-order valence-electron chi connectivity index (χ2n) is 8.37. The molecule has 4 aromatic carbocycles. The number of para-hydroxylation sites is 1. The number of aromatic nitrogens is 1. The molecule has 0 saturated carbocycles. The van der Waals surface area contributed by atoms with Crippen molar-refractivity contribution >= 4 is 19.0 Å². The van der Waals surface area contributed by atoms with Crippen molar-refractivity contribution in [3.8, 4) is 33.6 Å². The number of hydrogen-bond donors (Lipinski definition) is 2. The fourth-order valence-electron chi connectivity index (χ4n) is 3.94. The third-order valence-electron chi connectivity index (χ3n) is 5.56. The van der Waals surface area contributed by atoms with Gasteiger partial charge in [-0.2, -0.15) is 0 Å². The molecule has 39 heavy (non-hydrogen) atoms. The lowest BCUT2D eigenvalue weighted by molar-refractivity contribution is -0.618. The number of nitrogens with zero attached hydrogens (tertiary/aromatic N) is 1. The van der Waals surface area contributed by atoms with E-state index in [-0.39, 0.29) is 6.03 Å². The zero-order chi connectivity index (χ0) is 27.7. The Morgan fingerprint density at radius 3 is 1.31 bits per heavy atom. The summed E-state index contributed by atoms with van der Waals surface area (Å²) in [5, 5.41) is 2.92. The van der Waals surface area contributed by atoms with Crippen LogP contribution in [0.4, 0.5) is 27.7 Å². The molecule has 0 aliphatic rings. The predicted octanol–water partition coefficient (Wildman–Crippen LogP) is 8.05. The van der Waals surface area contributed by atoms with E-state index in [1.807, 2.05) is 114 Å². The van der Waals surface area contributed by atoms with Crippen molar-refractivity contribution in [2.45, 2.75) is 0 Å². The minimum Gasteiger partial charge on any atom is -0.418 e. The van der Waals surface area contributed by atoms with Gasteiger partial charge in [-0.25, -0.2) is 4.79 Å². The molecular weight excluding hydrogens is 505 g/mol. The Morgan fingerprint density at radius 2 is 0.897 bits per heavy atom. The molecule has 0 radical (unpaired) electrons. The number of carbonyl (C=O) groups excluding carboxylic acids is 1. The van der Waals surface area contributed by atoms with Crippen LogP contribution in [-0.2, 0) is 0 Å². The highest BCUT2D eigenvalue weighted by Gasteiger charge is 2.25. The van der Waals surface area contributed by atoms with Crippen molar-refractivity contribution in [2.24, 2.45) is 0 Å². The number of benzene rings is 4. The summed E-state index contributed by atoms with van der Waals surface area (Å²) in [6, 6.07) is 43.8. The summed E-state index contributed by atoms with van der Waals surface area (Å²) in [6.07, 6.45) is 0. The van der Waals surface area contributed by atoms with E-state index in [1.54, 1.807) is 0 Å². The number of urea groups is 1. The lowest BCUT2D eigenvalue weighted by atomic mass is 10.00. The van der Waals surface area contributed by atoms with Crippen molar-refractivity contribution in [3.05, 3.63) is 133 Å². The highest BCUT2D eigenvalue weighted by atomic mass is 19.5. The molecule has 1 heterocycles. The van der Waals surface area contributed by atoms with E-state index >= 15 is 0 Å². The van der Waals surface area contributed by atoms with E-state index in [1.165, 1.54) is 0 Å². The van der Waals surface area contributed by atoms with Gasteiger partial charge in [0, 0.05) is 28.9 Å². The van der Waals surface area contributed by atoms with Gasteiger partial charge >= 0.3 is 13.3 Å². The lowest BCUT2D eigenvalue weighted by Crippen LogP contribution is -2.53. The largest absolute Gasteiger partial charge is 0.673 e. The number of anilines is 1. The number of hydrogen-bond acceptors (Lipinski definition) is 1. The molecule has 9 heteroatoms. The second-order valence-corrected chi connectivity index (χ2v) is 8.37. The van der Waals surface area contributed by atoms with Crippen LogP contribution < -0.4 is 15.4 Å². The van der Waals surface area contributed by atoms with Crippen molar-refractivity contribution in [1.29, 1.82) is 0 Å². The Labute approximate surface area is 223 Å². The molecule has 0 aliphatic carbocycles. The van der Waals surface area contributed by atoms with Crippen LogP contribution in [0.1, 0.15) is 0 Å². The maximum Gasteiger partial charge on any atom is 0.673 e. The smallest absolute Gasteiger partial charge is 0.418 e. The van der Waals surface area contributed by atoms with E-state index in [2.05, 4.69) is 35.0 Å². The topological polar surface area (TPSA) is 45.0 Å². The fraction of sp³-hybridized carbons (Fsp3) is 0. The summed E-state index contributed by atoms with van der Waals surface area (Å²) in [5.41, 5.74) is 9.73. The van der Waals surface area contributed by atoms with Gasteiger partial charge in [0.15, 0.2) is 0 Å². The van der Waals surface area contributed by atoms with Gasteiger partial charge in [-0.1, -0.05) is 89.6 Å². The average Bonchev–Trinajstić information content (AvgIpc) is 2.94. The van der Waals surface area contributed by atoms with Crippen molar-refractivity contribution < 1.29 is 26.7 Å². The molecule has 0 unspecified atom stereocenters. The van der Waals surface area contributed by atoms with Crippen LogP contribution in [0, 0.1) is 0 Å². The number of pyridine rings is 1. The van der Waals surface area contributed by atoms with Crippen LogP contribution in [0.5, 0.6) is 0 Å². The Kier molecular flexibility index (Phi) is 8.73. The SMILES string of the molecule is F[B-](F)(F)F.O=C(Nc1ccccc1)N[n+]1c(-c2ccccc2)cc(-c2ccccc2)cc1-c1ccccc1. The van der Waals surface area contributed by atoms with Crippen LogP contribution in [0.15, 0.2) is 133 Å². The molecule has 4 nitrogen and oxygen atoms in total. The first-order valence-electron chi connectivity index (χ1n) is 12.0. The minimum atomic E-state index is -6.00. The third kappa shape index (κ3) is 8.03. The molecule has 0 spiro atoms. The first-order valence-corrected chi connectivity index (χ1v) is 12.0. The maximum absolute atomic E-state index is 13.1. The molecule has 2 N–H and O–H groups in total. The molecule has 0 atom stereocenters. The summed E-state index contributed by atoms with van der Waals surface area (Å²) in [6.45, 7) is 0. The molecule has 0 fully saturated rings. The molecule has 0 saturated heterocycles. The Bertz CT molecular complexity index is 1440. The second kappa shape index (κ2) is 12.6. The van der Waals surface area contributed by atoms with Crippen LogP contribution >= 0.6 is 0 Å². The molecule has 0 aliphatic heterocycles. The van der Waals surface area contributed by atoms with Gasteiger partial charge in [0.25, 0.3) is 0 Å². The van der Waals surface area contributed by atoms with Gasteiger partial charge in [-0.3, -0.25) is 0 Å². The first kappa shape index (κ1) is 27.1. The summed E-state index contributed by atoms with van der Waals surface area (Å²) in [7, 11) is -6.00. The number of halogens is 4. The lowest BCUT2D eigenvalue weighted by Gasteiger charge is -2.13.